The van der Waals surface area contributed by atoms with Crippen LogP contribution in [0.4, 0.5) is 5.69 Å². The van der Waals surface area contributed by atoms with Gasteiger partial charge in [-0.25, -0.2) is 18.4 Å². The molecule has 0 aliphatic heterocycles. The number of imidazole rings is 2. The maximum absolute atomic E-state index is 13.9. The summed E-state index contributed by atoms with van der Waals surface area (Å²) in [4.78, 5) is 11.0. The second-order valence-corrected chi connectivity index (χ2v) is 13.0. The average molecular weight is 581 g/mol. The number of sulfonamides is 1. The third-order valence-corrected chi connectivity index (χ3v) is 9.88. The Morgan fingerprint density at radius 2 is 1.57 bits per heavy atom. The molecule has 0 N–H and O–H groups in total. The van der Waals surface area contributed by atoms with Crippen molar-refractivity contribution in [3.05, 3.63) is 95.9 Å². The van der Waals surface area contributed by atoms with E-state index in [1.807, 2.05) is 62.0 Å². The number of hydrogen-bond donors (Lipinski definition) is 0. The summed E-state index contributed by atoms with van der Waals surface area (Å²) < 4.78 is 33.2. The molecule has 2 aromatic carbocycles. The van der Waals surface area contributed by atoms with E-state index in [0.29, 0.717) is 12.6 Å². The fourth-order valence-corrected chi connectivity index (χ4v) is 7.43. The lowest BCUT2D eigenvalue weighted by Gasteiger charge is -2.38. The van der Waals surface area contributed by atoms with E-state index < -0.39 is 10.0 Å². The molecule has 4 aromatic rings. The van der Waals surface area contributed by atoms with E-state index >= 15 is 0 Å². The summed E-state index contributed by atoms with van der Waals surface area (Å²) in [6.07, 6.45) is 12.3. The van der Waals surface area contributed by atoms with Gasteiger partial charge in [-0.3, -0.25) is 0 Å². The number of hydrogen-bond acceptors (Lipinski definition) is 5. The first-order valence-corrected chi connectivity index (χ1v) is 15.6. The van der Waals surface area contributed by atoms with Crippen LogP contribution in [0.1, 0.15) is 49.8 Å². The molecule has 40 heavy (non-hydrogen) atoms. The number of halogens is 1. The molecular formula is C30H37ClN6O2S. The topological polar surface area (TPSA) is 76.3 Å². The Hall–Kier alpha value is -3.14. The first kappa shape index (κ1) is 28.4. The molecule has 2 aromatic heterocycles. The predicted octanol–water partition coefficient (Wildman–Crippen LogP) is 5.80. The van der Waals surface area contributed by atoms with Gasteiger partial charge in [0.2, 0.25) is 0 Å². The van der Waals surface area contributed by atoms with Crippen molar-refractivity contribution in [2.24, 2.45) is 14.1 Å². The molecule has 1 aliphatic rings. The van der Waals surface area contributed by atoms with Crippen LogP contribution in [-0.4, -0.2) is 43.9 Å². The van der Waals surface area contributed by atoms with Gasteiger partial charge in [-0.1, -0.05) is 41.9 Å². The molecule has 5 rings (SSSR count). The number of aromatic nitrogens is 4. The third-order valence-electron chi connectivity index (χ3n) is 7.84. The number of nitrogens with zero attached hydrogens (tertiary/aromatic N) is 6. The normalized spacial score (nSPS) is 18.4. The summed E-state index contributed by atoms with van der Waals surface area (Å²) in [7, 11) is 0.0620. The number of aryl methyl sites for hydroxylation is 2. The minimum absolute atomic E-state index is 0.0887. The molecule has 0 unspecified atom stereocenters. The maximum Gasteiger partial charge on any atom is 0.262 e. The van der Waals surface area contributed by atoms with Crippen LogP contribution in [0.25, 0.3) is 0 Å². The van der Waals surface area contributed by atoms with Crippen molar-refractivity contribution in [2.45, 2.75) is 68.7 Å². The van der Waals surface area contributed by atoms with Gasteiger partial charge in [-0.05, 0) is 68.4 Å². The van der Waals surface area contributed by atoms with Gasteiger partial charge in [0.05, 0.1) is 24.9 Å². The number of rotatable bonds is 9. The van der Waals surface area contributed by atoms with Gasteiger partial charge < -0.3 is 14.0 Å². The third kappa shape index (κ3) is 6.59. The Balaban J connectivity index is 1.36. The summed E-state index contributed by atoms with van der Waals surface area (Å²) in [6.45, 7) is 1.09. The smallest absolute Gasteiger partial charge is 0.262 e. The monoisotopic (exact) mass is 580 g/mol. The van der Waals surface area contributed by atoms with Crippen molar-refractivity contribution in [3.8, 4) is 0 Å². The van der Waals surface area contributed by atoms with Crippen LogP contribution < -0.4 is 4.90 Å². The summed E-state index contributed by atoms with van der Waals surface area (Å²) >= 11 is 6.21. The van der Waals surface area contributed by atoms with Crippen molar-refractivity contribution in [2.75, 3.05) is 4.90 Å². The first-order valence-electron chi connectivity index (χ1n) is 13.8. The fourth-order valence-electron chi connectivity index (χ4n) is 5.66. The van der Waals surface area contributed by atoms with Crippen LogP contribution in [-0.2, 0) is 37.2 Å². The second kappa shape index (κ2) is 12.6. The SMILES string of the molecule is Cn1cnc(S(=O)(=O)N(Cc2ccccc2)C2CCCC(N(Cc3cncn3C)c3ccc(Cl)cc3)CCC2)c1. The molecule has 212 valence electrons. The van der Waals surface area contributed by atoms with Gasteiger partial charge in [0.15, 0.2) is 5.03 Å². The van der Waals surface area contributed by atoms with Crippen molar-refractivity contribution in [1.82, 2.24) is 23.4 Å². The number of benzene rings is 2. The largest absolute Gasteiger partial charge is 0.363 e. The van der Waals surface area contributed by atoms with Crippen LogP contribution in [0, 0.1) is 0 Å². The van der Waals surface area contributed by atoms with Crippen molar-refractivity contribution >= 4 is 27.3 Å². The second-order valence-electron chi connectivity index (χ2n) is 10.7. The Bertz CT molecular complexity index is 1480. The van der Waals surface area contributed by atoms with Gasteiger partial charge in [-0.15, -0.1) is 0 Å². The summed E-state index contributed by atoms with van der Waals surface area (Å²) in [5.74, 6) is 0. The molecule has 1 fully saturated rings. The molecule has 0 bridgehead atoms. The molecule has 8 nitrogen and oxygen atoms in total. The predicted molar refractivity (Wildman–Crippen MR) is 158 cm³/mol. The Morgan fingerprint density at radius 3 is 2.17 bits per heavy atom. The molecule has 0 spiro atoms. The molecule has 1 aliphatic carbocycles. The highest BCUT2D eigenvalue weighted by Crippen LogP contribution is 2.32. The highest BCUT2D eigenvalue weighted by atomic mass is 35.5. The maximum atomic E-state index is 13.9. The van der Waals surface area contributed by atoms with E-state index in [-0.39, 0.29) is 11.1 Å². The lowest BCUT2D eigenvalue weighted by atomic mass is 9.92. The minimum Gasteiger partial charge on any atom is -0.363 e. The highest BCUT2D eigenvalue weighted by molar-refractivity contribution is 7.89. The molecule has 0 radical (unpaired) electrons. The van der Waals surface area contributed by atoms with Gasteiger partial charge in [0.25, 0.3) is 10.0 Å². The Morgan fingerprint density at radius 1 is 0.900 bits per heavy atom. The molecule has 1 saturated carbocycles. The molecule has 0 amide bonds. The zero-order valence-electron chi connectivity index (χ0n) is 23.1. The zero-order chi connectivity index (χ0) is 28.1. The molecule has 2 heterocycles. The van der Waals surface area contributed by atoms with Gasteiger partial charge in [0.1, 0.15) is 0 Å². The highest BCUT2D eigenvalue weighted by Gasteiger charge is 2.34. The lowest BCUT2D eigenvalue weighted by molar-refractivity contribution is 0.252. The Labute approximate surface area is 242 Å². The molecule has 0 saturated heterocycles. The zero-order valence-corrected chi connectivity index (χ0v) is 24.7. The summed E-state index contributed by atoms with van der Waals surface area (Å²) in [5, 5.41) is 0.827. The molecule has 0 atom stereocenters. The van der Waals surface area contributed by atoms with E-state index in [4.69, 9.17) is 11.6 Å². The van der Waals surface area contributed by atoms with E-state index in [1.54, 1.807) is 28.4 Å². The van der Waals surface area contributed by atoms with E-state index in [2.05, 4.69) is 31.6 Å². The first-order chi connectivity index (χ1) is 19.3. The van der Waals surface area contributed by atoms with Crippen LogP contribution in [0.3, 0.4) is 0 Å². The quantitative estimate of drug-likeness (QED) is 0.250. The fraction of sp³-hybridized carbons (Fsp3) is 0.400. The van der Waals surface area contributed by atoms with Crippen LogP contribution in [0.5, 0.6) is 0 Å². The standard InChI is InChI=1S/C30H37ClN6O2S/c1-34-21-30(33-23-34)40(38,39)37(19-24-8-4-3-5-9-24)28-12-6-10-26(11-7-13-28)36(20-29-18-32-22-35(29)2)27-16-14-25(31)15-17-27/h3-5,8-9,14-18,21-23,26,28H,6-7,10-13,19-20H2,1-2H3. The van der Waals surface area contributed by atoms with Gasteiger partial charge in [0, 0.05) is 55.8 Å². The summed E-state index contributed by atoms with van der Waals surface area (Å²) in [6, 6.07) is 18.1. The van der Waals surface area contributed by atoms with Gasteiger partial charge in [-0.2, -0.15) is 4.31 Å². The minimum atomic E-state index is -3.75. The molecular weight excluding hydrogens is 544 g/mol. The average Bonchev–Trinajstić information content (AvgIpc) is 3.56. The molecule has 10 heteroatoms. The Kier molecular flexibility index (Phi) is 8.93. The van der Waals surface area contributed by atoms with E-state index in [1.165, 1.54) is 0 Å². The van der Waals surface area contributed by atoms with E-state index in [9.17, 15) is 8.42 Å². The van der Waals surface area contributed by atoms with Crippen molar-refractivity contribution in [3.63, 3.8) is 0 Å². The number of anilines is 1. The van der Waals surface area contributed by atoms with Crippen LogP contribution in [0.2, 0.25) is 5.02 Å². The van der Waals surface area contributed by atoms with Crippen molar-refractivity contribution in [1.29, 1.82) is 0 Å². The van der Waals surface area contributed by atoms with Gasteiger partial charge >= 0.3 is 0 Å². The van der Waals surface area contributed by atoms with E-state index in [0.717, 1.165) is 67.0 Å². The summed E-state index contributed by atoms with van der Waals surface area (Å²) in [5.41, 5.74) is 3.26. The van der Waals surface area contributed by atoms with Crippen LogP contribution in [0.15, 0.2) is 84.7 Å². The van der Waals surface area contributed by atoms with Crippen molar-refractivity contribution < 1.29 is 8.42 Å². The lowest BCUT2D eigenvalue weighted by Crippen LogP contribution is -2.42. The van der Waals surface area contributed by atoms with Crippen LogP contribution >= 0.6 is 11.6 Å².